The Morgan fingerprint density at radius 2 is 1.89 bits per heavy atom. The fraction of sp³-hybridized carbons (Fsp3) is 0.444. The van der Waals surface area contributed by atoms with Gasteiger partial charge in [-0.1, -0.05) is 26.3 Å². The van der Waals surface area contributed by atoms with Crippen molar-refractivity contribution in [2.45, 2.75) is 71.6 Å². The van der Waals surface area contributed by atoms with Gasteiger partial charge < -0.3 is 15.1 Å². The largest absolute Gasteiger partial charge is 0.491 e. The van der Waals surface area contributed by atoms with Gasteiger partial charge in [0, 0.05) is 61.2 Å². The minimum Gasteiger partial charge on any atom is -0.491 e. The van der Waals surface area contributed by atoms with Crippen molar-refractivity contribution in [2.75, 3.05) is 36.6 Å². The third kappa shape index (κ3) is 7.92. The molecule has 2 aromatic carbocycles. The van der Waals surface area contributed by atoms with Gasteiger partial charge in [0.25, 0.3) is 5.69 Å². The van der Waals surface area contributed by atoms with E-state index in [1.807, 2.05) is 6.08 Å². The summed E-state index contributed by atoms with van der Waals surface area (Å²) in [6.45, 7) is 11.2. The summed E-state index contributed by atoms with van der Waals surface area (Å²) in [5, 5.41) is 14.5. The molecule has 0 atom stereocenters. The lowest BCUT2D eigenvalue weighted by molar-refractivity contribution is -0.384. The van der Waals surface area contributed by atoms with Crippen LogP contribution in [0.3, 0.4) is 0 Å². The number of hydrogen-bond donors (Lipinski definition) is 1. The molecule has 236 valence electrons. The van der Waals surface area contributed by atoms with E-state index in [9.17, 15) is 10.1 Å². The number of piperidine rings is 1. The standard InChI is InChI=1S/C36H44N6O3/c1-6-11-13-15-30-32-33(37-26-38-36(32)41(22-9-4)28-16-18-29(19-17-28)42(43)44)31(14-8-3)35(45-25-12-7-2)34(30)39-40-23-20-27(10-5)21-24-40/h1,3,10,16-19,26-27,39H,5,7,9,11-15,20-25H2,2,4H3. The van der Waals surface area contributed by atoms with Gasteiger partial charge in [-0.05, 0) is 62.1 Å². The molecule has 3 aromatic rings. The van der Waals surface area contributed by atoms with Crippen LogP contribution >= 0.6 is 0 Å². The van der Waals surface area contributed by atoms with Crippen molar-refractivity contribution < 1.29 is 9.66 Å². The molecule has 45 heavy (non-hydrogen) atoms. The van der Waals surface area contributed by atoms with Gasteiger partial charge in [-0.15, -0.1) is 31.3 Å². The number of non-ortho nitro benzene ring substituents is 1. The van der Waals surface area contributed by atoms with E-state index in [1.165, 1.54) is 12.1 Å². The number of aromatic nitrogens is 2. The molecule has 2 heterocycles. The second kappa shape index (κ2) is 16.5. The van der Waals surface area contributed by atoms with E-state index >= 15 is 0 Å². The summed E-state index contributed by atoms with van der Waals surface area (Å²) in [6.07, 6.45) is 22.4. The first kappa shape index (κ1) is 33.3. The van der Waals surface area contributed by atoms with E-state index in [0.29, 0.717) is 38.3 Å². The molecule has 4 rings (SSSR count). The van der Waals surface area contributed by atoms with Crippen LogP contribution in [0, 0.1) is 40.7 Å². The molecule has 0 bridgehead atoms. The number of nitro benzene ring substituents is 1. The summed E-state index contributed by atoms with van der Waals surface area (Å²) in [4.78, 5) is 22.8. The van der Waals surface area contributed by atoms with Crippen LogP contribution in [0.4, 0.5) is 22.9 Å². The van der Waals surface area contributed by atoms with Crippen molar-refractivity contribution in [1.29, 1.82) is 0 Å². The smallest absolute Gasteiger partial charge is 0.269 e. The molecule has 1 aliphatic heterocycles. The van der Waals surface area contributed by atoms with Gasteiger partial charge in [0.2, 0.25) is 0 Å². The first-order valence-corrected chi connectivity index (χ1v) is 15.9. The van der Waals surface area contributed by atoms with Crippen molar-refractivity contribution in [2.24, 2.45) is 5.92 Å². The summed E-state index contributed by atoms with van der Waals surface area (Å²) in [7, 11) is 0. The lowest BCUT2D eigenvalue weighted by Gasteiger charge is -2.34. The quantitative estimate of drug-likeness (QED) is 0.0583. The fourth-order valence-electron chi connectivity index (χ4n) is 5.83. The van der Waals surface area contributed by atoms with E-state index in [4.69, 9.17) is 27.6 Å². The Balaban J connectivity index is 2.00. The first-order valence-electron chi connectivity index (χ1n) is 15.9. The summed E-state index contributed by atoms with van der Waals surface area (Å²) in [5.41, 5.74) is 8.11. The molecule has 0 unspecified atom stereocenters. The molecule has 9 nitrogen and oxygen atoms in total. The van der Waals surface area contributed by atoms with E-state index in [-0.39, 0.29) is 10.6 Å². The Morgan fingerprint density at radius 1 is 1.13 bits per heavy atom. The molecule has 1 aromatic heterocycles. The molecule has 1 aliphatic rings. The van der Waals surface area contributed by atoms with Crippen LogP contribution < -0.4 is 15.1 Å². The van der Waals surface area contributed by atoms with Crippen molar-refractivity contribution in [3.63, 3.8) is 0 Å². The Hall–Kier alpha value is -4.60. The fourth-order valence-corrected chi connectivity index (χ4v) is 5.83. The number of anilines is 3. The molecule has 0 spiro atoms. The van der Waals surface area contributed by atoms with Crippen molar-refractivity contribution in [1.82, 2.24) is 15.0 Å². The Morgan fingerprint density at radius 3 is 2.51 bits per heavy atom. The number of unbranched alkanes of at least 4 members (excludes halogenated alkanes) is 2. The first-order chi connectivity index (χ1) is 22.0. The molecule has 0 aliphatic carbocycles. The predicted octanol–water partition coefficient (Wildman–Crippen LogP) is 7.62. The molecule has 9 heteroatoms. The number of allylic oxidation sites excluding steroid dienone is 1. The van der Waals surface area contributed by atoms with Crippen molar-refractivity contribution in [3.05, 3.63) is 64.5 Å². The highest BCUT2D eigenvalue weighted by molar-refractivity contribution is 6.02. The van der Waals surface area contributed by atoms with Gasteiger partial charge in [0.15, 0.2) is 0 Å². The van der Waals surface area contributed by atoms with Crippen LogP contribution in [-0.2, 0) is 12.8 Å². The SMILES string of the molecule is C#CCCCc1c(NN2CCC(C=C)CC2)c(OCCCC)c(CC#C)c2ncnc(N(CCC)c3ccc([N+](=O)[O-])cc3)c12. The zero-order chi connectivity index (χ0) is 32.2. The van der Waals surface area contributed by atoms with Gasteiger partial charge >= 0.3 is 0 Å². The maximum atomic E-state index is 11.4. The maximum Gasteiger partial charge on any atom is 0.269 e. The number of nitrogens with one attached hydrogen (secondary N) is 1. The van der Waals surface area contributed by atoms with Gasteiger partial charge in [0.05, 0.1) is 22.7 Å². The summed E-state index contributed by atoms with van der Waals surface area (Å²) in [5.74, 6) is 7.59. The van der Waals surface area contributed by atoms with Crippen LogP contribution in [-0.4, -0.2) is 46.1 Å². The number of aryl methyl sites for hydroxylation is 1. The summed E-state index contributed by atoms with van der Waals surface area (Å²) >= 11 is 0. The number of terminal acetylenes is 2. The molecule has 1 N–H and O–H groups in total. The molecule has 0 radical (unpaired) electrons. The van der Waals surface area contributed by atoms with Crippen LogP contribution in [0.25, 0.3) is 10.9 Å². The third-order valence-corrected chi connectivity index (χ3v) is 8.21. The lowest BCUT2D eigenvalue weighted by Crippen LogP contribution is -2.38. The van der Waals surface area contributed by atoms with Gasteiger partial charge in [-0.2, -0.15) is 0 Å². The van der Waals surface area contributed by atoms with Crippen LogP contribution in [0.2, 0.25) is 0 Å². The van der Waals surface area contributed by atoms with Gasteiger partial charge in [-0.25, -0.2) is 15.0 Å². The average molecular weight is 609 g/mol. The van der Waals surface area contributed by atoms with Gasteiger partial charge in [0.1, 0.15) is 17.9 Å². The lowest BCUT2D eigenvalue weighted by atomic mass is 9.94. The van der Waals surface area contributed by atoms with Crippen molar-refractivity contribution >= 4 is 33.8 Å². The Kier molecular flexibility index (Phi) is 12.2. The third-order valence-electron chi connectivity index (χ3n) is 8.21. The monoisotopic (exact) mass is 608 g/mol. The van der Waals surface area contributed by atoms with E-state index < -0.39 is 0 Å². The van der Waals surface area contributed by atoms with E-state index in [2.05, 4.69) is 47.6 Å². The zero-order valence-corrected chi connectivity index (χ0v) is 26.6. The Labute approximate surface area is 267 Å². The number of hydrogen-bond acceptors (Lipinski definition) is 8. The van der Waals surface area contributed by atoms with Crippen LogP contribution in [0.5, 0.6) is 5.75 Å². The number of nitrogens with zero attached hydrogens (tertiary/aromatic N) is 5. The number of nitro groups is 1. The number of rotatable bonds is 16. The number of benzene rings is 2. The van der Waals surface area contributed by atoms with E-state index in [0.717, 1.165) is 96.6 Å². The van der Waals surface area contributed by atoms with Crippen molar-refractivity contribution in [3.8, 4) is 30.4 Å². The molecule has 0 amide bonds. The highest BCUT2D eigenvalue weighted by Crippen LogP contribution is 2.45. The number of hydrazine groups is 1. The van der Waals surface area contributed by atoms with Crippen LogP contribution in [0.1, 0.15) is 69.9 Å². The second-order valence-corrected chi connectivity index (χ2v) is 11.3. The summed E-state index contributed by atoms with van der Waals surface area (Å²) < 4.78 is 6.59. The molecular weight excluding hydrogens is 564 g/mol. The molecule has 1 fully saturated rings. The van der Waals surface area contributed by atoms with Crippen LogP contribution in [0.15, 0.2) is 43.2 Å². The Bertz CT molecular complexity index is 1550. The number of ether oxygens (including phenoxy) is 1. The highest BCUT2D eigenvalue weighted by Gasteiger charge is 2.28. The number of fused-ring (bicyclic) bond motifs is 1. The predicted molar refractivity (Wildman–Crippen MR) is 183 cm³/mol. The second-order valence-electron chi connectivity index (χ2n) is 11.3. The highest BCUT2D eigenvalue weighted by atomic mass is 16.6. The van der Waals surface area contributed by atoms with E-state index in [1.54, 1.807) is 18.5 Å². The normalized spacial score (nSPS) is 13.6. The molecule has 0 saturated carbocycles. The summed E-state index contributed by atoms with van der Waals surface area (Å²) in [6, 6.07) is 6.59. The molecule has 1 saturated heterocycles. The minimum absolute atomic E-state index is 0.0367. The van der Waals surface area contributed by atoms with Gasteiger partial charge in [-0.3, -0.25) is 10.1 Å². The maximum absolute atomic E-state index is 11.4. The average Bonchev–Trinajstić information content (AvgIpc) is 3.06. The zero-order valence-electron chi connectivity index (χ0n) is 26.6. The molecular formula is C36H44N6O3. The topological polar surface area (TPSA) is 96.7 Å². The minimum atomic E-state index is -0.389.